The topological polar surface area (TPSA) is 55.8 Å². The Labute approximate surface area is 229 Å². The highest BCUT2D eigenvalue weighted by Crippen LogP contribution is 2.40. The van der Waals surface area contributed by atoms with E-state index in [1.807, 2.05) is 61.5 Å². The fourth-order valence-corrected chi connectivity index (χ4v) is 5.49. The van der Waals surface area contributed by atoms with Crippen molar-refractivity contribution in [2.75, 3.05) is 6.61 Å². The predicted molar refractivity (Wildman–Crippen MR) is 147 cm³/mol. The van der Waals surface area contributed by atoms with Gasteiger partial charge in [-0.1, -0.05) is 57.9 Å². The van der Waals surface area contributed by atoms with Gasteiger partial charge in [0.15, 0.2) is 11.5 Å². The second-order valence-electron chi connectivity index (χ2n) is 7.54. The maximum absolute atomic E-state index is 13.0. The monoisotopic (exact) mass is 635 g/mol. The van der Waals surface area contributed by atoms with Crippen molar-refractivity contribution in [2.24, 2.45) is 0 Å². The second-order valence-corrected chi connectivity index (χ2v) is 10.7. The van der Waals surface area contributed by atoms with E-state index in [2.05, 4.69) is 31.9 Å². The van der Waals surface area contributed by atoms with Crippen LogP contribution in [0.3, 0.4) is 0 Å². The highest BCUT2D eigenvalue weighted by molar-refractivity contribution is 9.10. The first-order valence-corrected chi connectivity index (χ1v) is 13.5. The molecule has 5 nitrogen and oxygen atoms in total. The van der Waals surface area contributed by atoms with E-state index in [1.54, 1.807) is 12.1 Å². The summed E-state index contributed by atoms with van der Waals surface area (Å²) in [6.07, 6.45) is 1.69. The van der Waals surface area contributed by atoms with Crippen LogP contribution in [0, 0.1) is 0 Å². The Bertz CT molecular complexity index is 1310. The number of benzene rings is 3. The Morgan fingerprint density at radius 2 is 1.83 bits per heavy atom. The molecule has 1 aliphatic rings. The van der Waals surface area contributed by atoms with Crippen molar-refractivity contribution in [3.8, 4) is 11.5 Å². The van der Waals surface area contributed by atoms with Gasteiger partial charge in [0, 0.05) is 15.1 Å². The first-order valence-electron chi connectivity index (χ1n) is 10.7. The summed E-state index contributed by atoms with van der Waals surface area (Å²) in [7, 11) is 0. The molecular weight excluding hydrogens is 618 g/mol. The van der Waals surface area contributed by atoms with Gasteiger partial charge in [-0.05, 0) is 82.2 Å². The van der Waals surface area contributed by atoms with Crippen LogP contribution in [-0.2, 0) is 17.9 Å². The molecule has 180 valence electrons. The van der Waals surface area contributed by atoms with E-state index in [1.165, 1.54) is 4.90 Å². The molecule has 4 rings (SSSR count). The molecule has 0 bridgehead atoms. The van der Waals surface area contributed by atoms with Crippen LogP contribution < -0.4 is 9.47 Å². The van der Waals surface area contributed by atoms with Crippen molar-refractivity contribution in [3.05, 3.63) is 96.2 Å². The Morgan fingerprint density at radius 1 is 1.03 bits per heavy atom. The normalized spacial score (nSPS) is 14.6. The molecule has 2 amide bonds. The zero-order valence-electron chi connectivity index (χ0n) is 18.6. The third-order valence-corrected chi connectivity index (χ3v) is 7.42. The number of rotatable bonds is 8. The number of amides is 2. The van der Waals surface area contributed by atoms with Crippen molar-refractivity contribution in [1.29, 1.82) is 0 Å². The molecule has 0 saturated carbocycles. The Hall–Kier alpha value is -2.26. The highest BCUT2D eigenvalue weighted by Gasteiger charge is 2.35. The van der Waals surface area contributed by atoms with Gasteiger partial charge >= 0.3 is 0 Å². The van der Waals surface area contributed by atoms with Gasteiger partial charge < -0.3 is 9.47 Å². The lowest BCUT2D eigenvalue weighted by Crippen LogP contribution is -2.27. The predicted octanol–water partition coefficient (Wildman–Crippen LogP) is 8.08. The molecule has 1 aliphatic heterocycles. The minimum atomic E-state index is -0.326. The van der Waals surface area contributed by atoms with Crippen molar-refractivity contribution in [1.82, 2.24) is 4.90 Å². The zero-order chi connectivity index (χ0) is 24.9. The van der Waals surface area contributed by atoms with Crippen LogP contribution in [0.15, 0.2) is 74.5 Å². The molecule has 9 heteroatoms. The van der Waals surface area contributed by atoms with Crippen LogP contribution in [0.25, 0.3) is 6.08 Å². The number of hydrogen-bond donors (Lipinski definition) is 0. The van der Waals surface area contributed by atoms with Gasteiger partial charge in [-0.25, -0.2) is 0 Å². The number of nitrogens with zero attached hydrogens (tertiary/aromatic N) is 1. The average molecular weight is 638 g/mol. The lowest BCUT2D eigenvalue weighted by molar-refractivity contribution is -0.123. The summed E-state index contributed by atoms with van der Waals surface area (Å²) in [5.74, 6) is 0.730. The number of halogens is 3. The average Bonchev–Trinajstić information content (AvgIpc) is 3.07. The summed E-state index contributed by atoms with van der Waals surface area (Å²) in [5.41, 5.74) is 2.43. The summed E-state index contributed by atoms with van der Waals surface area (Å²) >= 11 is 14.2. The van der Waals surface area contributed by atoms with E-state index in [0.29, 0.717) is 38.1 Å². The molecule has 0 aromatic heterocycles. The standard InChI is InChI=1S/C26H20Br2ClNO4S/c1-2-33-22-12-17(11-20(28)24(22)34-15-18-7-3-4-9-21(18)29)13-23-25(31)30(26(32)35-23)14-16-6-5-8-19(27)10-16/h3-13H,2,14-15H2,1H3/b23-13+. The molecule has 0 aliphatic carbocycles. The quantitative estimate of drug-likeness (QED) is 0.234. The molecule has 0 radical (unpaired) electrons. The number of carbonyl (C=O) groups excluding carboxylic acids is 2. The van der Waals surface area contributed by atoms with Crippen LogP contribution in [0.1, 0.15) is 23.6 Å². The molecule has 0 N–H and O–H groups in total. The molecule has 3 aromatic carbocycles. The molecular formula is C26H20Br2ClNO4S. The Kier molecular flexibility index (Phi) is 8.59. The fraction of sp³-hybridized carbons (Fsp3) is 0.154. The molecule has 0 spiro atoms. The molecule has 1 fully saturated rings. The van der Waals surface area contributed by atoms with Crippen molar-refractivity contribution in [2.45, 2.75) is 20.1 Å². The molecule has 1 saturated heterocycles. The van der Waals surface area contributed by atoms with Crippen LogP contribution >= 0.6 is 55.2 Å². The summed E-state index contributed by atoms with van der Waals surface area (Å²) in [6, 6.07) is 18.6. The number of carbonyl (C=O) groups is 2. The zero-order valence-corrected chi connectivity index (χ0v) is 23.3. The van der Waals surface area contributed by atoms with E-state index in [9.17, 15) is 9.59 Å². The number of imide groups is 1. The van der Waals surface area contributed by atoms with Crippen LogP contribution in [-0.4, -0.2) is 22.7 Å². The summed E-state index contributed by atoms with van der Waals surface area (Å²) in [4.78, 5) is 27.1. The van der Waals surface area contributed by atoms with E-state index >= 15 is 0 Å². The van der Waals surface area contributed by atoms with Gasteiger partial charge in [0.25, 0.3) is 11.1 Å². The lowest BCUT2D eigenvalue weighted by Gasteiger charge is -2.15. The summed E-state index contributed by atoms with van der Waals surface area (Å²) < 4.78 is 13.4. The molecule has 1 heterocycles. The van der Waals surface area contributed by atoms with Gasteiger partial charge in [-0.15, -0.1) is 0 Å². The maximum Gasteiger partial charge on any atom is 0.293 e. The lowest BCUT2D eigenvalue weighted by atomic mass is 10.1. The fourth-order valence-electron chi connectivity index (χ4n) is 3.45. The number of thioether (sulfide) groups is 1. The van der Waals surface area contributed by atoms with Gasteiger partial charge in [-0.2, -0.15) is 0 Å². The third-order valence-electron chi connectivity index (χ3n) is 5.06. The van der Waals surface area contributed by atoms with Gasteiger partial charge in [0.2, 0.25) is 0 Å². The van der Waals surface area contributed by atoms with Crippen LogP contribution in [0.4, 0.5) is 4.79 Å². The summed E-state index contributed by atoms with van der Waals surface area (Å²) in [5, 5.41) is 0.321. The smallest absolute Gasteiger partial charge is 0.293 e. The van der Waals surface area contributed by atoms with Crippen molar-refractivity contribution in [3.63, 3.8) is 0 Å². The molecule has 0 atom stereocenters. The maximum atomic E-state index is 13.0. The van der Waals surface area contributed by atoms with Gasteiger partial charge in [0.1, 0.15) is 6.61 Å². The van der Waals surface area contributed by atoms with Gasteiger partial charge in [-0.3, -0.25) is 14.5 Å². The molecule has 3 aromatic rings. The summed E-state index contributed by atoms with van der Waals surface area (Å²) in [6.45, 7) is 2.80. The second kappa shape index (κ2) is 11.6. The van der Waals surface area contributed by atoms with E-state index in [4.69, 9.17) is 21.1 Å². The first kappa shape index (κ1) is 25.8. The van der Waals surface area contributed by atoms with E-state index < -0.39 is 0 Å². The Balaban J connectivity index is 1.56. The number of hydrogen-bond acceptors (Lipinski definition) is 5. The van der Waals surface area contributed by atoms with Gasteiger partial charge in [0.05, 0.1) is 22.5 Å². The van der Waals surface area contributed by atoms with E-state index in [-0.39, 0.29) is 24.3 Å². The van der Waals surface area contributed by atoms with Crippen molar-refractivity contribution >= 4 is 72.4 Å². The molecule has 0 unspecified atom stereocenters. The van der Waals surface area contributed by atoms with E-state index in [0.717, 1.165) is 27.4 Å². The minimum Gasteiger partial charge on any atom is -0.490 e. The van der Waals surface area contributed by atoms with Crippen LogP contribution in [0.2, 0.25) is 5.02 Å². The van der Waals surface area contributed by atoms with Crippen LogP contribution in [0.5, 0.6) is 11.5 Å². The third kappa shape index (κ3) is 6.30. The highest BCUT2D eigenvalue weighted by atomic mass is 79.9. The Morgan fingerprint density at radius 3 is 2.57 bits per heavy atom. The van der Waals surface area contributed by atoms with Crippen molar-refractivity contribution < 1.29 is 19.1 Å². The SMILES string of the molecule is CCOc1cc(/C=C2/SC(=O)N(Cc3cccc(Br)c3)C2=O)cc(Br)c1OCc1ccccc1Cl. The minimum absolute atomic E-state index is 0.212. The largest absolute Gasteiger partial charge is 0.490 e. The number of ether oxygens (including phenoxy) is 2. The first-order chi connectivity index (χ1) is 16.9. The molecule has 35 heavy (non-hydrogen) atoms.